The molecule has 0 bridgehead atoms. The lowest BCUT2D eigenvalue weighted by molar-refractivity contribution is -0.130. The van der Waals surface area contributed by atoms with E-state index < -0.39 is 17.9 Å². The summed E-state index contributed by atoms with van der Waals surface area (Å²) < 4.78 is 15.4. The number of ether oxygens (including phenoxy) is 3. The molecule has 29 heavy (non-hydrogen) atoms. The van der Waals surface area contributed by atoms with Gasteiger partial charge in [0, 0.05) is 17.6 Å². The molecule has 0 N–H and O–H groups in total. The van der Waals surface area contributed by atoms with Crippen molar-refractivity contribution in [3.63, 3.8) is 0 Å². The summed E-state index contributed by atoms with van der Waals surface area (Å²) >= 11 is 0. The monoisotopic (exact) mass is 394 g/mol. The van der Waals surface area contributed by atoms with E-state index in [-0.39, 0.29) is 12.2 Å². The number of rotatable bonds is 8. The van der Waals surface area contributed by atoms with Crippen LogP contribution in [-0.4, -0.2) is 24.5 Å². The smallest absolute Gasteiger partial charge is 0.338 e. The second-order valence-corrected chi connectivity index (χ2v) is 6.39. The first-order valence-electron chi connectivity index (χ1n) is 8.88. The molecule has 0 spiro atoms. The first-order chi connectivity index (χ1) is 13.8. The van der Waals surface area contributed by atoms with E-state index >= 15 is 0 Å². The van der Waals surface area contributed by atoms with E-state index in [4.69, 9.17) is 14.2 Å². The highest BCUT2D eigenvalue weighted by Crippen LogP contribution is 2.16. The average molecular weight is 394 g/mol. The first kappa shape index (κ1) is 21.6. The van der Waals surface area contributed by atoms with Gasteiger partial charge in [-0.25, -0.2) is 14.4 Å². The van der Waals surface area contributed by atoms with Crippen molar-refractivity contribution in [2.45, 2.75) is 20.3 Å². The lowest BCUT2D eigenvalue weighted by Crippen LogP contribution is -2.10. The molecule has 0 radical (unpaired) electrons. The van der Waals surface area contributed by atoms with E-state index in [1.54, 1.807) is 38.1 Å². The summed E-state index contributed by atoms with van der Waals surface area (Å²) in [5.41, 5.74) is 1.88. The normalized spacial score (nSPS) is 10.0. The Hall–Kier alpha value is -3.67. The lowest BCUT2D eigenvalue weighted by atomic mass is 10.1. The summed E-state index contributed by atoms with van der Waals surface area (Å²) in [6.07, 6.45) is 0.509. The summed E-state index contributed by atoms with van der Waals surface area (Å²) in [6.45, 7) is 10.4. The van der Waals surface area contributed by atoms with Gasteiger partial charge in [-0.1, -0.05) is 25.3 Å². The van der Waals surface area contributed by atoms with Crippen molar-refractivity contribution in [3.8, 4) is 11.5 Å². The van der Waals surface area contributed by atoms with Crippen LogP contribution >= 0.6 is 0 Å². The molecular weight excluding hydrogens is 372 g/mol. The molecule has 0 heterocycles. The maximum Gasteiger partial charge on any atom is 0.338 e. The summed E-state index contributed by atoms with van der Waals surface area (Å²) in [5, 5.41) is 0. The molecule has 2 aromatic rings. The maximum atomic E-state index is 12.1. The average Bonchev–Trinajstić information content (AvgIpc) is 2.69. The van der Waals surface area contributed by atoms with E-state index in [0.717, 1.165) is 5.56 Å². The largest absolute Gasteiger partial charge is 0.462 e. The van der Waals surface area contributed by atoms with Crippen LogP contribution in [0.25, 0.3) is 0 Å². The van der Waals surface area contributed by atoms with Crippen LogP contribution in [0.4, 0.5) is 0 Å². The van der Waals surface area contributed by atoms with Crippen molar-refractivity contribution in [1.29, 1.82) is 0 Å². The van der Waals surface area contributed by atoms with Crippen molar-refractivity contribution >= 4 is 17.9 Å². The van der Waals surface area contributed by atoms with Crippen LogP contribution in [0.5, 0.6) is 11.5 Å². The molecule has 0 aliphatic heterocycles. The van der Waals surface area contributed by atoms with Crippen molar-refractivity contribution in [2.24, 2.45) is 0 Å². The third kappa shape index (κ3) is 6.77. The molecule has 0 aromatic heterocycles. The highest BCUT2D eigenvalue weighted by atomic mass is 16.5. The fourth-order valence-electron chi connectivity index (χ4n) is 2.12. The standard InChI is InChI=1S/C23H22O6/c1-15(2)21(24)28-19-9-5-17(6-10-19)13-14-27-23(26)18-7-11-20(12-8-18)29-22(25)16(3)4/h5-12H,1,3,13-14H2,2,4H3. The van der Waals surface area contributed by atoms with E-state index in [2.05, 4.69) is 13.2 Å². The first-order valence-corrected chi connectivity index (χ1v) is 8.88. The van der Waals surface area contributed by atoms with Crippen LogP contribution in [-0.2, 0) is 20.7 Å². The van der Waals surface area contributed by atoms with Gasteiger partial charge < -0.3 is 14.2 Å². The Morgan fingerprint density at radius 2 is 1.21 bits per heavy atom. The van der Waals surface area contributed by atoms with Gasteiger partial charge in [0.1, 0.15) is 11.5 Å². The van der Waals surface area contributed by atoms with Gasteiger partial charge in [-0.2, -0.15) is 0 Å². The molecule has 0 aliphatic carbocycles. The number of carbonyl (C=O) groups is 3. The number of hydrogen-bond acceptors (Lipinski definition) is 6. The molecular formula is C23H22O6. The second kappa shape index (κ2) is 10.0. The third-order valence-corrected chi connectivity index (χ3v) is 3.76. The summed E-state index contributed by atoms with van der Waals surface area (Å²) in [6, 6.07) is 13.0. The molecule has 150 valence electrons. The predicted molar refractivity (Wildman–Crippen MR) is 108 cm³/mol. The fourth-order valence-corrected chi connectivity index (χ4v) is 2.12. The molecule has 0 fully saturated rings. The molecule has 2 rings (SSSR count). The SMILES string of the molecule is C=C(C)C(=O)Oc1ccc(CCOC(=O)c2ccc(OC(=O)C(=C)C)cc2)cc1. The van der Waals surface area contributed by atoms with Crippen molar-refractivity contribution in [3.05, 3.63) is 84.0 Å². The van der Waals surface area contributed by atoms with Crippen molar-refractivity contribution < 1.29 is 28.6 Å². The minimum Gasteiger partial charge on any atom is -0.462 e. The van der Waals surface area contributed by atoms with Crippen LogP contribution in [0.2, 0.25) is 0 Å². The minimum absolute atomic E-state index is 0.191. The van der Waals surface area contributed by atoms with Gasteiger partial charge in [-0.05, 0) is 55.8 Å². The zero-order valence-corrected chi connectivity index (χ0v) is 16.4. The van der Waals surface area contributed by atoms with Gasteiger partial charge in [0.05, 0.1) is 12.2 Å². The second-order valence-electron chi connectivity index (χ2n) is 6.39. The van der Waals surface area contributed by atoms with Crippen LogP contribution in [0.3, 0.4) is 0 Å². The Bertz CT molecular complexity index is 923. The Kier molecular flexibility index (Phi) is 7.48. The Balaban J connectivity index is 1.82. The van der Waals surface area contributed by atoms with Crippen LogP contribution in [0.1, 0.15) is 29.8 Å². The number of hydrogen-bond donors (Lipinski definition) is 0. The summed E-state index contributed by atoms with van der Waals surface area (Å²) in [4.78, 5) is 35.0. The molecule has 0 atom stereocenters. The zero-order chi connectivity index (χ0) is 21.4. The van der Waals surface area contributed by atoms with Crippen LogP contribution < -0.4 is 9.47 Å². The predicted octanol–water partition coefficient (Wildman–Crippen LogP) is 4.05. The zero-order valence-electron chi connectivity index (χ0n) is 16.4. The van der Waals surface area contributed by atoms with Gasteiger partial charge in [-0.15, -0.1) is 0 Å². The molecule has 6 nitrogen and oxygen atoms in total. The van der Waals surface area contributed by atoms with Gasteiger partial charge in [-0.3, -0.25) is 0 Å². The number of carbonyl (C=O) groups excluding carboxylic acids is 3. The highest BCUT2D eigenvalue weighted by molar-refractivity contribution is 5.91. The van der Waals surface area contributed by atoms with Gasteiger partial charge in [0.25, 0.3) is 0 Å². The molecule has 0 saturated carbocycles. The Morgan fingerprint density at radius 3 is 1.66 bits per heavy atom. The quantitative estimate of drug-likeness (QED) is 0.382. The minimum atomic E-state index is -0.527. The molecule has 0 aliphatic rings. The molecule has 0 saturated heterocycles. The molecule has 6 heteroatoms. The van der Waals surface area contributed by atoms with Crippen molar-refractivity contribution in [1.82, 2.24) is 0 Å². The highest BCUT2D eigenvalue weighted by Gasteiger charge is 2.10. The van der Waals surface area contributed by atoms with Crippen LogP contribution in [0.15, 0.2) is 72.8 Å². The lowest BCUT2D eigenvalue weighted by Gasteiger charge is -2.08. The van der Waals surface area contributed by atoms with Gasteiger partial charge in [0.2, 0.25) is 0 Å². The van der Waals surface area contributed by atoms with E-state index in [9.17, 15) is 14.4 Å². The van der Waals surface area contributed by atoms with Crippen LogP contribution in [0, 0.1) is 0 Å². The third-order valence-electron chi connectivity index (χ3n) is 3.76. The fraction of sp³-hybridized carbons (Fsp3) is 0.174. The number of esters is 3. The van der Waals surface area contributed by atoms with E-state index in [1.807, 2.05) is 0 Å². The maximum absolute atomic E-state index is 12.1. The summed E-state index contributed by atoms with van der Waals surface area (Å²) in [7, 11) is 0. The number of benzene rings is 2. The summed E-state index contributed by atoms with van der Waals surface area (Å²) in [5.74, 6) is -0.740. The van der Waals surface area contributed by atoms with E-state index in [0.29, 0.717) is 29.1 Å². The molecule has 2 aromatic carbocycles. The topological polar surface area (TPSA) is 78.9 Å². The molecule has 0 amide bonds. The Morgan fingerprint density at radius 1 is 0.759 bits per heavy atom. The Labute approximate surface area is 169 Å². The van der Waals surface area contributed by atoms with Gasteiger partial charge in [0.15, 0.2) is 0 Å². The molecule has 0 unspecified atom stereocenters. The van der Waals surface area contributed by atoms with Gasteiger partial charge >= 0.3 is 17.9 Å². The van der Waals surface area contributed by atoms with Crippen molar-refractivity contribution in [2.75, 3.05) is 6.61 Å². The van der Waals surface area contributed by atoms with E-state index in [1.165, 1.54) is 24.3 Å².